The second-order valence-electron chi connectivity index (χ2n) is 5.96. The number of nitrogens with one attached hydrogen (secondary N) is 1. The lowest BCUT2D eigenvalue weighted by Gasteiger charge is -2.18. The Labute approximate surface area is 167 Å². The highest BCUT2D eigenvalue weighted by molar-refractivity contribution is 7.10. The van der Waals surface area contributed by atoms with Gasteiger partial charge in [-0.25, -0.2) is 4.79 Å². The van der Waals surface area contributed by atoms with Crippen LogP contribution in [0.25, 0.3) is 0 Å². The fraction of sp³-hybridized carbons (Fsp3) is 0.182. The van der Waals surface area contributed by atoms with Gasteiger partial charge in [0.25, 0.3) is 5.91 Å². The van der Waals surface area contributed by atoms with E-state index in [0.29, 0.717) is 17.9 Å². The summed E-state index contributed by atoms with van der Waals surface area (Å²) < 4.78 is 10.5. The van der Waals surface area contributed by atoms with Crippen LogP contribution in [0, 0.1) is 0 Å². The number of ether oxygens (including phenoxy) is 2. The molecule has 0 aliphatic heterocycles. The topological polar surface area (TPSA) is 64.6 Å². The van der Waals surface area contributed by atoms with Gasteiger partial charge in [-0.15, -0.1) is 11.3 Å². The molecule has 0 aliphatic rings. The van der Waals surface area contributed by atoms with Gasteiger partial charge in [-0.3, -0.25) is 4.79 Å². The quantitative estimate of drug-likeness (QED) is 0.581. The number of hydrogen-bond acceptors (Lipinski definition) is 5. The average molecular weight is 395 g/mol. The van der Waals surface area contributed by atoms with Crippen molar-refractivity contribution in [3.63, 3.8) is 0 Å². The molecule has 144 valence electrons. The molecule has 1 atom stereocenters. The van der Waals surface area contributed by atoms with Crippen molar-refractivity contribution in [1.82, 2.24) is 5.32 Å². The predicted octanol–water partition coefficient (Wildman–Crippen LogP) is 4.21. The smallest absolute Gasteiger partial charge is 0.338 e. The van der Waals surface area contributed by atoms with E-state index in [1.54, 1.807) is 42.5 Å². The van der Waals surface area contributed by atoms with E-state index in [2.05, 4.69) is 5.32 Å². The average Bonchev–Trinajstić information content (AvgIpc) is 3.26. The zero-order valence-corrected chi connectivity index (χ0v) is 16.3. The summed E-state index contributed by atoms with van der Waals surface area (Å²) in [6.45, 7) is 1.96. The SMILES string of the molecule is CCOC(=O)c1ccc(OCC(=O)NC(c2ccccc2)c2cccs2)cc1. The van der Waals surface area contributed by atoms with E-state index in [9.17, 15) is 9.59 Å². The fourth-order valence-electron chi connectivity index (χ4n) is 2.67. The summed E-state index contributed by atoms with van der Waals surface area (Å²) in [4.78, 5) is 25.2. The summed E-state index contributed by atoms with van der Waals surface area (Å²) in [6, 6.07) is 20.1. The zero-order chi connectivity index (χ0) is 19.8. The second kappa shape index (κ2) is 9.71. The Bertz CT molecular complexity index is 892. The summed E-state index contributed by atoms with van der Waals surface area (Å²) >= 11 is 1.59. The van der Waals surface area contributed by atoms with Gasteiger partial charge in [-0.05, 0) is 48.2 Å². The molecule has 6 heteroatoms. The van der Waals surface area contributed by atoms with Crippen LogP contribution in [-0.2, 0) is 9.53 Å². The molecular formula is C22H21NO4S. The van der Waals surface area contributed by atoms with E-state index in [1.165, 1.54) is 0 Å². The standard InChI is InChI=1S/C22H21NO4S/c1-2-26-22(25)17-10-12-18(13-11-17)27-15-20(24)23-21(19-9-6-14-28-19)16-7-4-3-5-8-16/h3-14,21H,2,15H2,1H3,(H,23,24). The van der Waals surface area contributed by atoms with E-state index < -0.39 is 0 Å². The van der Waals surface area contributed by atoms with Crippen LogP contribution in [-0.4, -0.2) is 25.1 Å². The van der Waals surface area contributed by atoms with Crippen LogP contribution in [0.2, 0.25) is 0 Å². The minimum Gasteiger partial charge on any atom is -0.484 e. The van der Waals surface area contributed by atoms with Gasteiger partial charge < -0.3 is 14.8 Å². The number of rotatable bonds is 8. The molecule has 0 bridgehead atoms. The molecule has 2 aromatic carbocycles. The number of benzene rings is 2. The minimum atomic E-state index is -0.381. The predicted molar refractivity (Wildman–Crippen MR) is 109 cm³/mol. The lowest BCUT2D eigenvalue weighted by Crippen LogP contribution is -2.32. The van der Waals surface area contributed by atoms with Crippen LogP contribution in [0.4, 0.5) is 0 Å². The Morgan fingerprint density at radius 1 is 1.00 bits per heavy atom. The van der Waals surface area contributed by atoms with Crippen molar-refractivity contribution in [3.05, 3.63) is 88.1 Å². The van der Waals surface area contributed by atoms with Gasteiger partial charge in [-0.1, -0.05) is 36.4 Å². The van der Waals surface area contributed by atoms with Crippen LogP contribution < -0.4 is 10.1 Å². The van der Waals surface area contributed by atoms with E-state index in [0.717, 1.165) is 10.4 Å². The number of carbonyl (C=O) groups excluding carboxylic acids is 2. The van der Waals surface area contributed by atoms with Crippen LogP contribution in [0.15, 0.2) is 72.1 Å². The van der Waals surface area contributed by atoms with Crippen LogP contribution in [0.3, 0.4) is 0 Å². The number of amides is 1. The highest BCUT2D eigenvalue weighted by Gasteiger charge is 2.18. The lowest BCUT2D eigenvalue weighted by molar-refractivity contribution is -0.123. The van der Waals surface area contributed by atoms with E-state index in [4.69, 9.17) is 9.47 Å². The van der Waals surface area contributed by atoms with Crippen molar-refractivity contribution in [2.45, 2.75) is 13.0 Å². The largest absolute Gasteiger partial charge is 0.484 e. The minimum absolute atomic E-state index is 0.118. The normalized spacial score (nSPS) is 11.5. The third kappa shape index (κ3) is 5.20. The fourth-order valence-corrected chi connectivity index (χ4v) is 3.48. The van der Waals surface area contributed by atoms with Gasteiger partial charge in [0.2, 0.25) is 0 Å². The molecule has 1 unspecified atom stereocenters. The molecule has 3 aromatic rings. The lowest BCUT2D eigenvalue weighted by atomic mass is 10.1. The molecule has 1 N–H and O–H groups in total. The van der Waals surface area contributed by atoms with Gasteiger partial charge >= 0.3 is 5.97 Å². The molecule has 5 nitrogen and oxygen atoms in total. The van der Waals surface area contributed by atoms with Crippen molar-refractivity contribution >= 4 is 23.2 Å². The van der Waals surface area contributed by atoms with E-state index >= 15 is 0 Å². The Morgan fingerprint density at radius 3 is 2.39 bits per heavy atom. The Morgan fingerprint density at radius 2 is 1.75 bits per heavy atom. The molecule has 0 radical (unpaired) electrons. The van der Waals surface area contributed by atoms with Crippen molar-refractivity contribution in [3.8, 4) is 5.75 Å². The van der Waals surface area contributed by atoms with Gasteiger partial charge in [0, 0.05) is 4.88 Å². The molecule has 28 heavy (non-hydrogen) atoms. The maximum Gasteiger partial charge on any atom is 0.338 e. The monoisotopic (exact) mass is 395 g/mol. The summed E-state index contributed by atoms with van der Waals surface area (Å²) in [5.74, 6) is -0.0965. The first-order chi connectivity index (χ1) is 13.7. The number of hydrogen-bond donors (Lipinski definition) is 1. The molecule has 1 aromatic heterocycles. The van der Waals surface area contributed by atoms with Crippen molar-refractivity contribution in [1.29, 1.82) is 0 Å². The molecule has 0 aliphatic carbocycles. The molecule has 0 spiro atoms. The molecule has 0 saturated heterocycles. The molecule has 0 saturated carbocycles. The molecule has 0 fully saturated rings. The zero-order valence-electron chi connectivity index (χ0n) is 15.5. The van der Waals surface area contributed by atoms with E-state index in [-0.39, 0.29) is 24.5 Å². The Balaban J connectivity index is 1.60. The first-order valence-electron chi connectivity index (χ1n) is 8.95. The summed E-state index contributed by atoms with van der Waals surface area (Å²) in [5.41, 5.74) is 1.46. The Hall–Kier alpha value is -3.12. The van der Waals surface area contributed by atoms with Gasteiger partial charge in [0.05, 0.1) is 18.2 Å². The molecule has 3 rings (SSSR count). The summed E-state index contributed by atoms with van der Waals surface area (Å²) in [5, 5.41) is 5.01. The highest BCUT2D eigenvalue weighted by atomic mass is 32.1. The molecular weight excluding hydrogens is 374 g/mol. The number of esters is 1. The van der Waals surface area contributed by atoms with Crippen molar-refractivity contribution in [2.75, 3.05) is 13.2 Å². The first-order valence-corrected chi connectivity index (χ1v) is 9.83. The second-order valence-corrected chi connectivity index (χ2v) is 6.94. The van der Waals surface area contributed by atoms with Gasteiger partial charge in [0.1, 0.15) is 5.75 Å². The van der Waals surface area contributed by atoms with Crippen LogP contribution in [0.5, 0.6) is 5.75 Å². The molecule has 1 heterocycles. The van der Waals surface area contributed by atoms with Crippen molar-refractivity contribution < 1.29 is 19.1 Å². The third-order valence-corrected chi connectivity index (χ3v) is 4.94. The highest BCUT2D eigenvalue weighted by Crippen LogP contribution is 2.25. The summed E-state index contributed by atoms with van der Waals surface area (Å²) in [6.07, 6.45) is 0. The van der Waals surface area contributed by atoms with Crippen LogP contribution >= 0.6 is 11.3 Å². The van der Waals surface area contributed by atoms with Crippen molar-refractivity contribution in [2.24, 2.45) is 0 Å². The maximum atomic E-state index is 12.5. The van der Waals surface area contributed by atoms with Gasteiger partial charge in [0.15, 0.2) is 6.61 Å². The first kappa shape index (κ1) is 19.6. The maximum absolute atomic E-state index is 12.5. The van der Waals surface area contributed by atoms with Gasteiger partial charge in [-0.2, -0.15) is 0 Å². The number of thiophene rings is 1. The van der Waals surface area contributed by atoms with E-state index in [1.807, 2.05) is 47.8 Å². The molecule has 1 amide bonds. The number of carbonyl (C=O) groups is 2. The third-order valence-electron chi connectivity index (χ3n) is 4.00. The summed E-state index contributed by atoms with van der Waals surface area (Å²) in [7, 11) is 0. The Kier molecular flexibility index (Phi) is 6.81. The van der Waals surface area contributed by atoms with Crippen LogP contribution in [0.1, 0.15) is 33.8 Å².